The Morgan fingerprint density at radius 2 is 1.63 bits per heavy atom. The molecule has 0 aromatic rings. The van der Waals surface area contributed by atoms with E-state index in [1.54, 1.807) is 0 Å². The molecule has 1 N–H and O–H groups in total. The fourth-order valence-corrected chi connectivity index (χ4v) is 4.12. The lowest BCUT2D eigenvalue weighted by Gasteiger charge is -2.39. The van der Waals surface area contributed by atoms with Crippen LogP contribution < -0.4 is 0 Å². The molecule has 2 saturated carbocycles. The molecule has 0 saturated heterocycles. The van der Waals surface area contributed by atoms with E-state index in [-0.39, 0.29) is 6.54 Å². The Hall–Kier alpha value is -0.570. The number of nitrogens with zero attached hydrogens (tertiary/aromatic N) is 1. The number of rotatable bonds is 6. The van der Waals surface area contributed by atoms with Crippen LogP contribution in [-0.2, 0) is 4.79 Å². The molecule has 0 aliphatic heterocycles. The molecule has 19 heavy (non-hydrogen) atoms. The summed E-state index contributed by atoms with van der Waals surface area (Å²) in [7, 11) is 0. The minimum absolute atomic E-state index is 0.258. The van der Waals surface area contributed by atoms with Crippen molar-refractivity contribution in [2.24, 2.45) is 5.92 Å². The van der Waals surface area contributed by atoms with Crippen molar-refractivity contribution in [3.8, 4) is 0 Å². The normalized spacial score (nSPS) is 28.9. The van der Waals surface area contributed by atoms with Crippen LogP contribution in [0.2, 0.25) is 0 Å². The zero-order valence-corrected chi connectivity index (χ0v) is 12.3. The van der Waals surface area contributed by atoms with Gasteiger partial charge in [0.05, 0.1) is 6.54 Å². The standard InChI is InChI=1S/C16H29NO2/c1-2-5-13-8-10-15(11-9-13)17(12-16(18)19)14-6-3-4-7-14/h13-15H,2-12H2,1H3,(H,18,19). The number of carboxylic acids is 1. The summed E-state index contributed by atoms with van der Waals surface area (Å²) in [4.78, 5) is 13.5. The number of carboxylic acid groups (broad SMARTS) is 1. The van der Waals surface area contributed by atoms with Gasteiger partial charge in [0, 0.05) is 12.1 Å². The first-order chi connectivity index (χ1) is 9.20. The Kier molecular flexibility index (Phi) is 5.68. The predicted molar refractivity (Wildman–Crippen MR) is 77.3 cm³/mol. The number of hydrogen-bond acceptors (Lipinski definition) is 2. The Morgan fingerprint density at radius 1 is 1.05 bits per heavy atom. The topological polar surface area (TPSA) is 40.5 Å². The van der Waals surface area contributed by atoms with E-state index in [4.69, 9.17) is 5.11 Å². The zero-order chi connectivity index (χ0) is 13.7. The van der Waals surface area contributed by atoms with Gasteiger partial charge in [-0.3, -0.25) is 9.69 Å². The SMILES string of the molecule is CCCC1CCC(N(CC(=O)O)C2CCCC2)CC1. The molecule has 0 aromatic heterocycles. The van der Waals surface area contributed by atoms with Crippen LogP contribution >= 0.6 is 0 Å². The van der Waals surface area contributed by atoms with Crippen LogP contribution in [-0.4, -0.2) is 34.6 Å². The highest BCUT2D eigenvalue weighted by Crippen LogP contribution is 2.34. The minimum Gasteiger partial charge on any atom is -0.480 e. The molecular weight excluding hydrogens is 238 g/mol. The summed E-state index contributed by atoms with van der Waals surface area (Å²) in [6, 6.07) is 1.08. The minimum atomic E-state index is -0.650. The van der Waals surface area contributed by atoms with E-state index in [9.17, 15) is 4.79 Å². The van der Waals surface area contributed by atoms with Gasteiger partial charge in [0.25, 0.3) is 0 Å². The van der Waals surface area contributed by atoms with E-state index in [0.717, 1.165) is 5.92 Å². The Bertz CT molecular complexity index is 278. The Morgan fingerprint density at radius 3 is 2.16 bits per heavy atom. The molecule has 2 rings (SSSR count). The van der Waals surface area contributed by atoms with Crippen LogP contribution in [0.15, 0.2) is 0 Å². The molecular formula is C16H29NO2. The summed E-state index contributed by atoms with van der Waals surface area (Å²) < 4.78 is 0. The lowest BCUT2D eigenvalue weighted by molar-refractivity contribution is -0.140. The Labute approximate surface area is 117 Å². The third kappa shape index (κ3) is 4.20. The van der Waals surface area contributed by atoms with Crippen molar-refractivity contribution in [1.29, 1.82) is 0 Å². The predicted octanol–water partition coefficient (Wildman–Crippen LogP) is 3.67. The average Bonchev–Trinajstić information content (AvgIpc) is 2.91. The van der Waals surface area contributed by atoms with Crippen molar-refractivity contribution in [2.75, 3.05) is 6.54 Å². The molecule has 2 aliphatic carbocycles. The summed E-state index contributed by atoms with van der Waals surface area (Å²) in [5, 5.41) is 9.17. The van der Waals surface area contributed by atoms with E-state index in [1.165, 1.54) is 64.2 Å². The first kappa shape index (κ1) is 14.8. The summed E-state index contributed by atoms with van der Waals surface area (Å²) >= 11 is 0. The Balaban J connectivity index is 1.89. The summed E-state index contributed by atoms with van der Waals surface area (Å²) in [5.74, 6) is 0.249. The molecule has 0 atom stereocenters. The van der Waals surface area contributed by atoms with Crippen molar-refractivity contribution < 1.29 is 9.90 Å². The second-order valence-electron chi connectivity index (χ2n) is 6.47. The van der Waals surface area contributed by atoms with Gasteiger partial charge in [0.1, 0.15) is 0 Å². The van der Waals surface area contributed by atoms with Gasteiger partial charge >= 0.3 is 5.97 Å². The van der Waals surface area contributed by atoms with Gasteiger partial charge < -0.3 is 5.11 Å². The van der Waals surface area contributed by atoms with Gasteiger partial charge in [-0.2, -0.15) is 0 Å². The highest BCUT2D eigenvalue weighted by atomic mass is 16.4. The fraction of sp³-hybridized carbons (Fsp3) is 0.938. The summed E-state index contributed by atoms with van der Waals surface area (Å²) in [6.45, 7) is 2.52. The highest BCUT2D eigenvalue weighted by molar-refractivity contribution is 5.69. The highest BCUT2D eigenvalue weighted by Gasteiger charge is 2.32. The maximum absolute atomic E-state index is 11.1. The van der Waals surface area contributed by atoms with E-state index in [0.29, 0.717) is 12.1 Å². The van der Waals surface area contributed by atoms with Crippen LogP contribution in [0.4, 0.5) is 0 Å². The third-order valence-corrected chi connectivity index (χ3v) is 5.09. The van der Waals surface area contributed by atoms with Crippen LogP contribution in [0.5, 0.6) is 0 Å². The van der Waals surface area contributed by atoms with Gasteiger partial charge in [-0.05, 0) is 44.4 Å². The van der Waals surface area contributed by atoms with Gasteiger partial charge in [-0.1, -0.05) is 32.6 Å². The first-order valence-electron chi connectivity index (χ1n) is 8.18. The van der Waals surface area contributed by atoms with E-state index < -0.39 is 5.97 Å². The largest absolute Gasteiger partial charge is 0.480 e. The molecule has 3 heteroatoms. The van der Waals surface area contributed by atoms with Crippen molar-refractivity contribution in [3.63, 3.8) is 0 Å². The average molecular weight is 267 g/mol. The van der Waals surface area contributed by atoms with Gasteiger partial charge in [0.2, 0.25) is 0 Å². The molecule has 110 valence electrons. The maximum atomic E-state index is 11.1. The molecule has 0 aromatic carbocycles. The van der Waals surface area contributed by atoms with Crippen molar-refractivity contribution >= 4 is 5.97 Å². The number of hydrogen-bond donors (Lipinski definition) is 1. The van der Waals surface area contributed by atoms with Crippen LogP contribution in [0.3, 0.4) is 0 Å². The lowest BCUT2D eigenvalue weighted by atomic mass is 9.82. The zero-order valence-electron chi connectivity index (χ0n) is 12.3. The van der Waals surface area contributed by atoms with Crippen LogP contribution in [0.1, 0.15) is 71.1 Å². The third-order valence-electron chi connectivity index (χ3n) is 5.09. The second-order valence-corrected chi connectivity index (χ2v) is 6.47. The maximum Gasteiger partial charge on any atom is 0.317 e. The van der Waals surface area contributed by atoms with Crippen molar-refractivity contribution in [1.82, 2.24) is 4.90 Å². The van der Waals surface area contributed by atoms with Crippen LogP contribution in [0, 0.1) is 5.92 Å². The van der Waals surface area contributed by atoms with E-state index in [1.807, 2.05) is 0 Å². The molecule has 0 spiro atoms. The second kappa shape index (κ2) is 7.28. The van der Waals surface area contributed by atoms with Gasteiger partial charge in [-0.15, -0.1) is 0 Å². The molecule has 0 unspecified atom stereocenters. The molecule has 0 heterocycles. The molecule has 2 aliphatic rings. The quantitative estimate of drug-likeness (QED) is 0.798. The van der Waals surface area contributed by atoms with E-state index in [2.05, 4.69) is 11.8 Å². The molecule has 2 fully saturated rings. The number of aliphatic carboxylic acids is 1. The van der Waals surface area contributed by atoms with Crippen molar-refractivity contribution in [3.05, 3.63) is 0 Å². The smallest absolute Gasteiger partial charge is 0.317 e. The van der Waals surface area contributed by atoms with Crippen LogP contribution in [0.25, 0.3) is 0 Å². The molecule has 0 amide bonds. The van der Waals surface area contributed by atoms with Gasteiger partial charge in [-0.25, -0.2) is 0 Å². The van der Waals surface area contributed by atoms with Crippen molar-refractivity contribution in [2.45, 2.75) is 83.2 Å². The van der Waals surface area contributed by atoms with Gasteiger partial charge in [0.15, 0.2) is 0 Å². The molecule has 3 nitrogen and oxygen atoms in total. The fourth-order valence-electron chi connectivity index (χ4n) is 4.12. The molecule has 0 bridgehead atoms. The summed E-state index contributed by atoms with van der Waals surface area (Å²) in [6.07, 6.45) is 12.7. The number of carbonyl (C=O) groups is 1. The molecule has 0 radical (unpaired) electrons. The lowest BCUT2D eigenvalue weighted by Crippen LogP contribution is -2.46. The monoisotopic (exact) mass is 267 g/mol. The summed E-state index contributed by atoms with van der Waals surface area (Å²) in [5.41, 5.74) is 0. The van der Waals surface area contributed by atoms with E-state index >= 15 is 0 Å². The first-order valence-corrected chi connectivity index (χ1v) is 8.18.